The van der Waals surface area contributed by atoms with Gasteiger partial charge in [0.2, 0.25) is 5.91 Å². The Kier molecular flexibility index (Phi) is 5.68. The highest BCUT2D eigenvalue weighted by Crippen LogP contribution is 2.11. The third-order valence-electron chi connectivity index (χ3n) is 2.36. The van der Waals surface area contributed by atoms with Crippen LogP contribution in [0.4, 0.5) is 0 Å². The normalized spacial score (nSPS) is 10.1. The van der Waals surface area contributed by atoms with Crippen molar-refractivity contribution in [3.8, 4) is 11.8 Å². The van der Waals surface area contributed by atoms with Crippen LogP contribution in [0.15, 0.2) is 24.3 Å². The summed E-state index contributed by atoms with van der Waals surface area (Å²) in [5.74, 6) is 0.414. The zero-order valence-electron chi connectivity index (χ0n) is 10.4. The molecule has 0 heterocycles. The number of nitrogens with two attached hydrogens (primary N) is 1. The van der Waals surface area contributed by atoms with Gasteiger partial charge in [-0.3, -0.25) is 9.69 Å². The molecule has 0 unspecified atom stereocenters. The predicted octanol–water partition coefficient (Wildman–Crippen LogP) is 0.744. The molecule has 0 aliphatic carbocycles. The molecule has 0 spiro atoms. The Balaban J connectivity index is 2.21. The Morgan fingerprint density at radius 2 is 2.11 bits per heavy atom. The fourth-order valence-electron chi connectivity index (χ4n) is 1.50. The summed E-state index contributed by atoms with van der Waals surface area (Å²) in [6.45, 7) is 1.57. The van der Waals surface area contributed by atoms with Gasteiger partial charge in [-0.2, -0.15) is 5.26 Å². The van der Waals surface area contributed by atoms with Gasteiger partial charge in [0.05, 0.1) is 24.8 Å². The number of amides is 1. The third kappa shape index (κ3) is 5.32. The van der Waals surface area contributed by atoms with E-state index in [2.05, 4.69) is 0 Å². The monoisotopic (exact) mass is 247 g/mol. The van der Waals surface area contributed by atoms with Gasteiger partial charge in [0.25, 0.3) is 0 Å². The molecule has 96 valence electrons. The van der Waals surface area contributed by atoms with Gasteiger partial charge < -0.3 is 10.5 Å². The molecule has 0 bridgehead atoms. The number of carbonyl (C=O) groups excluding carboxylic acids is 1. The Morgan fingerprint density at radius 1 is 1.44 bits per heavy atom. The van der Waals surface area contributed by atoms with Gasteiger partial charge in [0.15, 0.2) is 0 Å². The number of nitrogens with zero attached hydrogens (tertiary/aromatic N) is 2. The first-order valence-electron chi connectivity index (χ1n) is 5.71. The van der Waals surface area contributed by atoms with Crippen LogP contribution in [0.5, 0.6) is 5.75 Å². The van der Waals surface area contributed by atoms with Crippen molar-refractivity contribution in [3.05, 3.63) is 29.8 Å². The van der Waals surface area contributed by atoms with E-state index in [4.69, 9.17) is 15.7 Å². The van der Waals surface area contributed by atoms with Crippen molar-refractivity contribution in [1.29, 1.82) is 5.26 Å². The predicted molar refractivity (Wildman–Crippen MR) is 68.0 cm³/mol. The molecule has 2 N–H and O–H groups in total. The highest BCUT2D eigenvalue weighted by atomic mass is 16.5. The maximum absolute atomic E-state index is 10.6. The first kappa shape index (κ1) is 14.0. The zero-order chi connectivity index (χ0) is 13.4. The summed E-state index contributed by atoms with van der Waals surface area (Å²) in [6.07, 6.45) is 0.809. The topological polar surface area (TPSA) is 79.3 Å². The lowest BCUT2D eigenvalue weighted by molar-refractivity contribution is -0.118. The number of primary amides is 1. The van der Waals surface area contributed by atoms with Crippen LogP contribution in [0.1, 0.15) is 12.0 Å². The summed E-state index contributed by atoms with van der Waals surface area (Å²) in [7, 11) is 1.84. The summed E-state index contributed by atoms with van der Waals surface area (Å²) in [5.41, 5.74) is 5.69. The molecule has 0 radical (unpaired) electrons. The summed E-state index contributed by atoms with van der Waals surface area (Å²) < 4.78 is 5.51. The van der Waals surface area contributed by atoms with Crippen LogP contribution in [-0.4, -0.2) is 37.6 Å². The molecule has 5 nitrogen and oxygen atoms in total. The smallest absolute Gasteiger partial charge is 0.231 e. The molecule has 5 heteroatoms. The summed E-state index contributed by atoms with van der Waals surface area (Å²) in [5, 5.41) is 8.64. The number of carbonyl (C=O) groups is 1. The van der Waals surface area contributed by atoms with Gasteiger partial charge in [-0.15, -0.1) is 0 Å². The standard InChI is InChI=1S/C13H17N3O2/c1-16(10-13(15)17)7-2-8-18-12-5-3-11(9-14)4-6-12/h3-6H,2,7-8,10H2,1H3,(H2,15,17). The van der Waals surface area contributed by atoms with E-state index in [0.29, 0.717) is 12.2 Å². The maximum Gasteiger partial charge on any atom is 0.231 e. The second-order valence-electron chi connectivity index (χ2n) is 4.04. The average molecular weight is 247 g/mol. The molecule has 0 aliphatic heterocycles. The van der Waals surface area contributed by atoms with Gasteiger partial charge >= 0.3 is 0 Å². The third-order valence-corrected chi connectivity index (χ3v) is 2.36. The van der Waals surface area contributed by atoms with Crippen LogP contribution in [-0.2, 0) is 4.79 Å². The number of likely N-dealkylation sites (N-methyl/N-ethyl adjacent to an activating group) is 1. The molecule has 0 saturated heterocycles. The minimum Gasteiger partial charge on any atom is -0.494 e. The van der Waals surface area contributed by atoms with Crippen molar-refractivity contribution >= 4 is 5.91 Å². The first-order chi connectivity index (χ1) is 8.61. The number of rotatable bonds is 7. The van der Waals surface area contributed by atoms with E-state index in [1.54, 1.807) is 24.3 Å². The lowest BCUT2D eigenvalue weighted by Gasteiger charge is -2.14. The second-order valence-corrected chi connectivity index (χ2v) is 4.04. The molecule has 0 atom stereocenters. The number of ether oxygens (including phenoxy) is 1. The molecular weight excluding hydrogens is 230 g/mol. The number of hydrogen-bond donors (Lipinski definition) is 1. The van der Waals surface area contributed by atoms with E-state index in [1.807, 2.05) is 18.0 Å². The molecule has 0 aromatic heterocycles. The van der Waals surface area contributed by atoms with Crippen LogP contribution in [0.3, 0.4) is 0 Å². The van der Waals surface area contributed by atoms with Crippen molar-refractivity contribution < 1.29 is 9.53 Å². The molecule has 1 rings (SSSR count). The van der Waals surface area contributed by atoms with Crippen molar-refractivity contribution in [3.63, 3.8) is 0 Å². The minimum absolute atomic E-state index is 0.261. The molecule has 1 aromatic rings. The zero-order valence-corrected chi connectivity index (χ0v) is 10.4. The molecule has 0 aliphatic rings. The molecule has 18 heavy (non-hydrogen) atoms. The summed E-state index contributed by atoms with van der Waals surface area (Å²) in [4.78, 5) is 12.5. The number of hydrogen-bond acceptors (Lipinski definition) is 4. The van der Waals surface area contributed by atoms with E-state index >= 15 is 0 Å². The molecule has 0 fully saturated rings. The van der Waals surface area contributed by atoms with Gasteiger partial charge in [-0.1, -0.05) is 0 Å². The Hall–Kier alpha value is -2.06. The van der Waals surface area contributed by atoms with Gasteiger partial charge in [0.1, 0.15) is 5.75 Å². The summed E-state index contributed by atoms with van der Waals surface area (Å²) >= 11 is 0. The fourth-order valence-corrected chi connectivity index (χ4v) is 1.50. The summed E-state index contributed by atoms with van der Waals surface area (Å²) in [6, 6.07) is 9.02. The van der Waals surface area contributed by atoms with E-state index in [-0.39, 0.29) is 12.5 Å². The van der Waals surface area contributed by atoms with Crippen LogP contribution >= 0.6 is 0 Å². The van der Waals surface area contributed by atoms with Crippen molar-refractivity contribution in [2.75, 3.05) is 26.7 Å². The molecule has 1 aromatic carbocycles. The number of benzene rings is 1. The van der Waals surface area contributed by atoms with E-state index in [1.165, 1.54) is 0 Å². The van der Waals surface area contributed by atoms with E-state index in [0.717, 1.165) is 18.7 Å². The van der Waals surface area contributed by atoms with Crippen molar-refractivity contribution in [2.24, 2.45) is 5.73 Å². The van der Waals surface area contributed by atoms with Gasteiger partial charge in [-0.05, 0) is 37.7 Å². The van der Waals surface area contributed by atoms with Crippen molar-refractivity contribution in [2.45, 2.75) is 6.42 Å². The lowest BCUT2D eigenvalue weighted by atomic mass is 10.2. The Morgan fingerprint density at radius 3 is 2.67 bits per heavy atom. The quantitative estimate of drug-likeness (QED) is 0.721. The maximum atomic E-state index is 10.6. The molecule has 1 amide bonds. The highest BCUT2D eigenvalue weighted by molar-refractivity contribution is 5.75. The van der Waals surface area contributed by atoms with Gasteiger partial charge in [0, 0.05) is 6.54 Å². The lowest BCUT2D eigenvalue weighted by Crippen LogP contribution is -2.31. The Bertz CT molecular complexity index is 423. The van der Waals surface area contributed by atoms with Crippen molar-refractivity contribution in [1.82, 2.24) is 4.90 Å². The fraction of sp³-hybridized carbons (Fsp3) is 0.385. The van der Waals surface area contributed by atoms with Crippen LogP contribution < -0.4 is 10.5 Å². The largest absolute Gasteiger partial charge is 0.494 e. The highest BCUT2D eigenvalue weighted by Gasteiger charge is 2.02. The second kappa shape index (κ2) is 7.30. The Labute approximate surface area is 107 Å². The van der Waals surface area contributed by atoms with E-state index in [9.17, 15) is 4.79 Å². The molecular formula is C13H17N3O2. The van der Waals surface area contributed by atoms with E-state index < -0.39 is 0 Å². The SMILES string of the molecule is CN(CCCOc1ccc(C#N)cc1)CC(N)=O. The van der Waals surface area contributed by atoms with Crippen LogP contribution in [0, 0.1) is 11.3 Å². The minimum atomic E-state index is -0.328. The first-order valence-corrected chi connectivity index (χ1v) is 5.71. The van der Waals surface area contributed by atoms with Crippen LogP contribution in [0.25, 0.3) is 0 Å². The number of nitriles is 1. The molecule has 0 saturated carbocycles. The van der Waals surface area contributed by atoms with Gasteiger partial charge in [-0.25, -0.2) is 0 Å². The van der Waals surface area contributed by atoms with Crippen LogP contribution in [0.2, 0.25) is 0 Å². The average Bonchev–Trinajstić information content (AvgIpc) is 2.34.